The van der Waals surface area contributed by atoms with Gasteiger partial charge in [-0.05, 0) is 49.9 Å². The molecule has 0 bridgehead atoms. The van der Waals surface area contributed by atoms with Gasteiger partial charge >= 0.3 is 12.1 Å². The molecule has 2 rings (SSSR count). The second-order valence-electron chi connectivity index (χ2n) is 7.98. The number of carboxylic acids is 1. The van der Waals surface area contributed by atoms with Crippen molar-refractivity contribution in [3.05, 3.63) is 28.0 Å². The summed E-state index contributed by atoms with van der Waals surface area (Å²) < 4.78 is 42.1. The minimum atomic E-state index is -4.53. The van der Waals surface area contributed by atoms with Gasteiger partial charge in [0.1, 0.15) is 10.7 Å². The number of pyridine rings is 1. The summed E-state index contributed by atoms with van der Waals surface area (Å²) in [7, 11) is 0. The molecule has 0 radical (unpaired) electrons. The van der Waals surface area contributed by atoms with Gasteiger partial charge < -0.3 is 19.9 Å². The second-order valence-corrected chi connectivity index (χ2v) is 8.40. The fourth-order valence-electron chi connectivity index (χ4n) is 3.39. The molecule has 10 heteroatoms. The van der Waals surface area contributed by atoms with Gasteiger partial charge in [-0.1, -0.05) is 26.1 Å². The molecular weight excluding hydrogens is 419 g/mol. The second kappa shape index (κ2) is 10.4. The SMILES string of the molecule is CC(C)CC(C(=O)NCCC(=O)O)n1cc(CCN2CCC2)c(C(F)(F)F)cc1=S. The normalized spacial score (nSPS) is 15.7. The Balaban J connectivity index is 2.36. The average molecular weight is 448 g/mol. The maximum Gasteiger partial charge on any atom is 0.416 e. The summed E-state index contributed by atoms with van der Waals surface area (Å²) in [6.07, 6.45) is -1.80. The molecule has 1 aromatic heterocycles. The summed E-state index contributed by atoms with van der Waals surface area (Å²) >= 11 is 5.22. The van der Waals surface area contributed by atoms with E-state index in [1.807, 2.05) is 13.8 Å². The quantitative estimate of drug-likeness (QED) is 0.536. The van der Waals surface area contributed by atoms with E-state index in [4.69, 9.17) is 17.3 Å². The van der Waals surface area contributed by atoms with E-state index in [2.05, 4.69) is 10.2 Å². The Kier molecular flexibility index (Phi) is 8.42. The van der Waals surface area contributed by atoms with Gasteiger partial charge in [0.15, 0.2) is 0 Å². The monoisotopic (exact) mass is 447 g/mol. The number of rotatable bonds is 10. The highest BCUT2D eigenvalue weighted by Gasteiger charge is 2.35. The number of hydrogen-bond donors (Lipinski definition) is 2. The van der Waals surface area contributed by atoms with Gasteiger partial charge in [-0.25, -0.2) is 0 Å². The third-order valence-electron chi connectivity index (χ3n) is 5.09. The number of carbonyl (C=O) groups is 2. The van der Waals surface area contributed by atoms with Crippen LogP contribution in [0.3, 0.4) is 0 Å². The first-order valence-electron chi connectivity index (χ1n) is 10.0. The summed E-state index contributed by atoms with van der Waals surface area (Å²) in [6.45, 7) is 6.01. The molecule has 1 fully saturated rings. The average Bonchev–Trinajstić information content (AvgIpc) is 2.58. The first-order chi connectivity index (χ1) is 14.0. The highest BCUT2D eigenvalue weighted by Crippen LogP contribution is 2.34. The smallest absolute Gasteiger partial charge is 0.416 e. The minimum absolute atomic E-state index is 0.0570. The van der Waals surface area contributed by atoms with Crippen molar-refractivity contribution in [1.29, 1.82) is 0 Å². The third-order valence-corrected chi connectivity index (χ3v) is 5.41. The lowest BCUT2D eigenvalue weighted by Gasteiger charge is -2.31. The van der Waals surface area contributed by atoms with Crippen LogP contribution in [0.15, 0.2) is 12.3 Å². The number of amides is 1. The molecule has 0 aliphatic carbocycles. The zero-order valence-corrected chi connectivity index (χ0v) is 18.0. The van der Waals surface area contributed by atoms with Crippen LogP contribution in [-0.2, 0) is 22.2 Å². The van der Waals surface area contributed by atoms with Crippen LogP contribution in [0.25, 0.3) is 0 Å². The number of alkyl halides is 3. The number of aromatic nitrogens is 1. The highest BCUT2D eigenvalue weighted by atomic mass is 32.1. The molecule has 1 saturated heterocycles. The fraction of sp³-hybridized carbons (Fsp3) is 0.650. The molecular formula is C20H28F3N3O3S. The molecule has 2 heterocycles. The number of carboxylic acid groups (broad SMARTS) is 1. The molecule has 30 heavy (non-hydrogen) atoms. The standard InChI is InChI=1S/C20H28F3N3O3S/c1-13(2)10-16(19(29)24-6-4-18(27)28)26-12-14(5-9-25-7-3-8-25)15(11-17(26)30)20(21,22)23/h11-13,16H,3-10H2,1-2H3,(H,24,29)(H,27,28). The molecule has 6 nitrogen and oxygen atoms in total. The van der Waals surface area contributed by atoms with E-state index >= 15 is 0 Å². The number of hydrogen-bond acceptors (Lipinski definition) is 4. The first-order valence-corrected chi connectivity index (χ1v) is 10.4. The molecule has 1 aromatic rings. The van der Waals surface area contributed by atoms with E-state index in [0.29, 0.717) is 13.0 Å². The minimum Gasteiger partial charge on any atom is -0.481 e. The Morgan fingerprint density at radius 1 is 1.30 bits per heavy atom. The molecule has 1 aliphatic rings. The van der Waals surface area contributed by atoms with Crippen LogP contribution in [0.1, 0.15) is 50.3 Å². The van der Waals surface area contributed by atoms with Crippen LogP contribution >= 0.6 is 12.2 Å². The van der Waals surface area contributed by atoms with E-state index < -0.39 is 29.7 Å². The number of halogens is 3. The largest absolute Gasteiger partial charge is 0.481 e. The van der Waals surface area contributed by atoms with Crippen molar-refractivity contribution in [2.75, 3.05) is 26.2 Å². The third kappa shape index (κ3) is 6.80. The molecule has 1 amide bonds. The zero-order chi connectivity index (χ0) is 22.5. The summed E-state index contributed by atoms with van der Waals surface area (Å²) in [5.74, 6) is -1.42. The van der Waals surface area contributed by atoms with Crippen LogP contribution in [0.4, 0.5) is 13.2 Å². The molecule has 0 aromatic carbocycles. The number of nitrogens with zero attached hydrogens (tertiary/aromatic N) is 2. The Hall–Kier alpha value is -1.94. The van der Waals surface area contributed by atoms with Crippen LogP contribution in [0.5, 0.6) is 0 Å². The molecule has 2 N–H and O–H groups in total. The van der Waals surface area contributed by atoms with Gasteiger partial charge in [0.2, 0.25) is 5.91 Å². The van der Waals surface area contributed by atoms with E-state index in [1.54, 1.807) is 0 Å². The number of carbonyl (C=O) groups excluding carboxylic acids is 1. The zero-order valence-electron chi connectivity index (χ0n) is 17.2. The molecule has 0 spiro atoms. The lowest BCUT2D eigenvalue weighted by atomic mass is 10.0. The predicted octanol–water partition coefficient (Wildman–Crippen LogP) is 3.66. The lowest BCUT2D eigenvalue weighted by molar-refractivity contribution is -0.138. The molecule has 1 aliphatic heterocycles. The van der Waals surface area contributed by atoms with Crippen LogP contribution < -0.4 is 5.32 Å². The number of nitrogens with one attached hydrogen (secondary N) is 1. The topological polar surface area (TPSA) is 74.6 Å². The Bertz CT molecular complexity index is 820. The summed E-state index contributed by atoms with van der Waals surface area (Å²) in [5.41, 5.74) is -0.658. The van der Waals surface area contributed by atoms with Crippen LogP contribution in [0.2, 0.25) is 0 Å². The van der Waals surface area contributed by atoms with Crippen molar-refractivity contribution in [3.63, 3.8) is 0 Å². The van der Waals surface area contributed by atoms with Gasteiger partial charge in [0, 0.05) is 19.3 Å². The van der Waals surface area contributed by atoms with Gasteiger partial charge in [0.25, 0.3) is 0 Å². The van der Waals surface area contributed by atoms with Gasteiger partial charge in [-0.15, -0.1) is 0 Å². The van der Waals surface area contributed by atoms with Crippen molar-refractivity contribution >= 4 is 24.1 Å². The van der Waals surface area contributed by atoms with Crippen molar-refractivity contribution in [1.82, 2.24) is 14.8 Å². The van der Waals surface area contributed by atoms with E-state index in [-0.39, 0.29) is 35.5 Å². The maximum absolute atomic E-state index is 13.6. The Morgan fingerprint density at radius 2 is 1.97 bits per heavy atom. The summed E-state index contributed by atoms with van der Waals surface area (Å²) in [6, 6.07) is 0.120. The van der Waals surface area contributed by atoms with E-state index in [0.717, 1.165) is 25.6 Å². The number of aliphatic carboxylic acids is 1. The summed E-state index contributed by atoms with van der Waals surface area (Å²) in [4.78, 5) is 25.5. The fourth-order valence-corrected chi connectivity index (χ4v) is 3.68. The summed E-state index contributed by atoms with van der Waals surface area (Å²) in [5, 5.41) is 11.3. The lowest BCUT2D eigenvalue weighted by Crippen LogP contribution is -2.38. The maximum atomic E-state index is 13.6. The van der Waals surface area contributed by atoms with Gasteiger partial charge in [-0.3, -0.25) is 9.59 Å². The van der Waals surface area contributed by atoms with Gasteiger partial charge in [0.05, 0.1) is 12.0 Å². The molecule has 168 valence electrons. The molecule has 0 saturated carbocycles. The van der Waals surface area contributed by atoms with Crippen molar-refractivity contribution in [2.45, 2.75) is 51.7 Å². The van der Waals surface area contributed by atoms with Crippen molar-refractivity contribution in [2.24, 2.45) is 5.92 Å². The Morgan fingerprint density at radius 3 is 2.47 bits per heavy atom. The van der Waals surface area contributed by atoms with E-state index in [1.165, 1.54) is 10.8 Å². The van der Waals surface area contributed by atoms with Crippen LogP contribution in [0, 0.1) is 10.6 Å². The van der Waals surface area contributed by atoms with Crippen molar-refractivity contribution < 1.29 is 27.9 Å². The first kappa shape index (κ1) is 24.3. The Labute approximate surface area is 179 Å². The number of likely N-dealkylation sites (tertiary alicyclic amines) is 1. The predicted molar refractivity (Wildman–Crippen MR) is 109 cm³/mol. The van der Waals surface area contributed by atoms with E-state index in [9.17, 15) is 22.8 Å². The van der Waals surface area contributed by atoms with Crippen LogP contribution in [-0.4, -0.2) is 52.6 Å². The molecule has 1 atom stereocenters. The van der Waals surface area contributed by atoms with Gasteiger partial charge in [-0.2, -0.15) is 13.2 Å². The molecule has 1 unspecified atom stereocenters. The van der Waals surface area contributed by atoms with Crippen molar-refractivity contribution in [3.8, 4) is 0 Å². The highest BCUT2D eigenvalue weighted by molar-refractivity contribution is 7.71.